The summed E-state index contributed by atoms with van der Waals surface area (Å²) in [7, 11) is -4.07. The van der Waals surface area contributed by atoms with Crippen molar-refractivity contribution in [1.82, 2.24) is 40.2 Å². The van der Waals surface area contributed by atoms with Crippen molar-refractivity contribution in [2.24, 2.45) is 5.92 Å². The minimum atomic E-state index is -4.07. The molecule has 4 aliphatic rings. The monoisotopic (exact) mass is 774 g/mol. The van der Waals surface area contributed by atoms with E-state index in [1.165, 1.54) is 41.7 Å². The summed E-state index contributed by atoms with van der Waals surface area (Å²) < 4.78 is 48.2. The van der Waals surface area contributed by atoms with Crippen LogP contribution in [0.25, 0.3) is 11.0 Å². The first-order chi connectivity index (χ1) is 26.3. The van der Waals surface area contributed by atoms with Crippen LogP contribution in [-0.4, -0.2) is 91.9 Å². The standard InChI is InChI=1S/C38H43FN8O7S/c1-23-34(44-29-19-25(39)12-13-27(29)42-23)54-26-20-31-33(49)45-38(36(51)46-55(52,53)37(2)15-16-37)14-8-10-24(38)9-6-4-3-5-7-11-28(35(50)47(31)22-26)43-32(48)30-21-40-17-18-41-30/h6,8-10,12-13,17-19,21,24,26,28,31H,3-5,7,11,14-16,20,22H2,1-2H3,(H,43,48)(H,45,49)(H,46,51)/b9-6-/t24?,26-,28+,31+,38-/m1/s1. The number of carbonyl (C=O) groups is 4. The first-order valence-electron chi connectivity index (χ1n) is 18.5. The molecule has 17 heteroatoms. The van der Waals surface area contributed by atoms with E-state index >= 15 is 0 Å². The van der Waals surface area contributed by atoms with Gasteiger partial charge in [0.2, 0.25) is 27.7 Å². The number of nitrogens with one attached hydrogen (secondary N) is 3. The van der Waals surface area contributed by atoms with Crippen molar-refractivity contribution in [1.29, 1.82) is 0 Å². The molecule has 290 valence electrons. The van der Waals surface area contributed by atoms with Crippen LogP contribution < -0.4 is 20.1 Å². The summed E-state index contributed by atoms with van der Waals surface area (Å²) >= 11 is 0. The second-order valence-electron chi connectivity index (χ2n) is 14.9. The second kappa shape index (κ2) is 15.1. The van der Waals surface area contributed by atoms with E-state index in [0.29, 0.717) is 43.3 Å². The van der Waals surface area contributed by atoms with Crippen LogP contribution in [0.15, 0.2) is 61.1 Å². The Labute approximate surface area is 317 Å². The van der Waals surface area contributed by atoms with Gasteiger partial charge < -0.3 is 20.3 Å². The van der Waals surface area contributed by atoms with Gasteiger partial charge in [0.05, 0.1) is 28.5 Å². The number of hydrogen-bond donors (Lipinski definition) is 3. The molecule has 1 unspecified atom stereocenters. The zero-order chi connectivity index (χ0) is 39.0. The number of hydrogen-bond acceptors (Lipinski definition) is 11. The predicted octanol–water partition coefficient (Wildman–Crippen LogP) is 2.96. The SMILES string of the molecule is Cc1nc2ccc(F)cc2nc1O[C@@H]1C[C@H]2C(=O)N[C@]3(C(=O)NS(=O)(=O)C4(C)CC4)CC=CC3/C=C\CCCCC[C@H](NC(=O)c3cnccn3)C(=O)N2C1. The molecule has 2 aliphatic heterocycles. The summed E-state index contributed by atoms with van der Waals surface area (Å²) in [5.41, 5.74) is -0.593. The van der Waals surface area contributed by atoms with E-state index in [9.17, 15) is 32.0 Å². The van der Waals surface area contributed by atoms with Gasteiger partial charge in [0.15, 0.2) is 0 Å². The number of rotatable bonds is 7. The van der Waals surface area contributed by atoms with Gasteiger partial charge in [0.25, 0.3) is 11.8 Å². The van der Waals surface area contributed by atoms with Crippen molar-refractivity contribution < 1.29 is 36.7 Å². The number of allylic oxidation sites excluding steroid dienone is 1. The fourth-order valence-corrected chi connectivity index (χ4v) is 8.64. The fraction of sp³-hybridized carbons (Fsp3) is 0.474. The van der Waals surface area contributed by atoms with Crippen molar-refractivity contribution in [3.8, 4) is 5.88 Å². The second-order valence-corrected chi connectivity index (χ2v) is 17.1. The smallest absolute Gasteiger partial charge is 0.272 e. The number of carbonyl (C=O) groups excluding carboxylic acids is 4. The summed E-state index contributed by atoms with van der Waals surface area (Å²) in [6.07, 6.45) is 14.2. The van der Waals surface area contributed by atoms with Crippen molar-refractivity contribution in [2.75, 3.05) is 6.54 Å². The molecule has 2 aliphatic carbocycles. The Kier molecular flexibility index (Phi) is 10.4. The Morgan fingerprint density at radius 3 is 2.62 bits per heavy atom. The van der Waals surface area contributed by atoms with Crippen molar-refractivity contribution in [3.63, 3.8) is 0 Å². The van der Waals surface area contributed by atoms with E-state index in [-0.39, 0.29) is 42.9 Å². The molecule has 3 aromatic rings. The van der Waals surface area contributed by atoms with Crippen LogP contribution in [0.2, 0.25) is 0 Å². The Morgan fingerprint density at radius 2 is 1.85 bits per heavy atom. The van der Waals surface area contributed by atoms with Crippen molar-refractivity contribution in [2.45, 2.75) is 100 Å². The first-order valence-corrected chi connectivity index (χ1v) is 20.0. The molecule has 0 spiro atoms. The van der Waals surface area contributed by atoms with Crippen LogP contribution in [0.4, 0.5) is 4.39 Å². The summed E-state index contributed by atoms with van der Waals surface area (Å²) in [5.74, 6) is -3.84. The lowest BCUT2D eigenvalue weighted by Gasteiger charge is -2.36. The number of nitrogens with zero attached hydrogens (tertiary/aromatic N) is 5. The molecule has 2 aromatic heterocycles. The van der Waals surface area contributed by atoms with E-state index in [1.807, 2.05) is 12.2 Å². The van der Waals surface area contributed by atoms with E-state index < -0.39 is 73.9 Å². The number of aromatic nitrogens is 4. The maximum absolute atomic E-state index is 14.6. The number of halogens is 1. The lowest BCUT2D eigenvalue weighted by atomic mass is 9.84. The quantitative estimate of drug-likeness (QED) is 0.298. The van der Waals surface area contributed by atoms with E-state index in [1.54, 1.807) is 26.0 Å². The van der Waals surface area contributed by atoms with E-state index in [4.69, 9.17) is 4.74 Å². The Hall–Kier alpha value is -5.32. The zero-order valence-electron chi connectivity index (χ0n) is 30.5. The normalized spacial score (nSPS) is 27.2. The number of amides is 4. The fourth-order valence-electron chi connectivity index (χ4n) is 7.33. The van der Waals surface area contributed by atoms with Gasteiger partial charge in [-0.3, -0.25) is 28.9 Å². The maximum Gasteiger partial charge on any atom is 0.272 e. The van der Waals surface area contributed by atoms with Crippen LogP contribution >= 0.6 is 0 Å². The van der Waals surface area contributed by atoms with Gasteiger partial charge in [0.1, 0.15) is 40.9 Å². The van der Waals surface area contributed by atoms with Gasteiger partial charge in [-0.2, -0.15) is 0 Å². The molecule has 0 bridgehead atoms. The number of sulfonamides is 1. The minimum absolute atomic E-state index is 0.00559. The van der Waals surface area contributed by atoms with Gasteiger partial charge >= 0.3 is 0 Å². The van der Waals surface area contributed by atoms with Gasteiger partial charge in [0, 0.05) is 30.8 Å². The van der Waals surface area contributed by atoms with Crippen molar-refractivity contribution in [3.05, 3.63) is 78.3 Å². The molecule has 15 nitrogen and oxygen atoms in total. The summed E-state index contributed by atoms with van der Waals surface area (Å²) in [6, 6.07) is 1.73. The molecule has 1 saturated carbocycles. The van der Waals surface area contributed by atoms with Gasteiger partial charge in [-0.1, -0.05) is 37.1 Å². The third-order valence-electron chi connectivity index (χ3n) is 10.9. The molecule has 2 fully saturated rings. The molecule has 0 radical (unpaired) electrons. The maximum atomic E-state index is 14.6. The van der Waals surface area contributed by atoms with Crippen LogP contribution in [0.3, 0.4) is 0 Å². The molecule has 55 heavy (non-hydrogen) atoms. The van der Waals surface area contributed by atoms with E-state index in [0.717, 1.165) is 6.42 Å². The highest BCUT2D eigenvalue weighted by atomic mass is 32.2. The Bertz CT molecular complexity index is 2180. The zero-order valence-corrected chi connectivity index (χ0v) is 31.4. The molecule has 5 atom stereocenters. The van der Waals surface area contributed by atoms with Gasteiger partial charge in [-0.25, -0.2) is 27.8 Å². The Balaban J connectivity index is 1.23. The summed E-state index contributed by atoms with van der Waals surface area (Å²) in [6.45, 7) is 3.14. The van der Waals surface area contributed by atoms with Crippen LogP contribution in [0, 0.1) is 18.7 Å². The molecule has 7 rings (SSSR count). The number of ether oxygens (including phenoxy) is 1. The lowest BCUT2D eigenvalue weighted by molar-refractivity contribution is -0.142. The largest absolute Gasteiger partial charge is 0.471 e. The Morgan fingerprint density at radius 1 is 1.05 bits per heavy atom. The lowest BCUT2D eigenvalue weighted by Crippen LogP contribution is -2.65. The van der Waals surface area contributed by atoms with Crippen LogP contribution in [0.1, 0.15) is 80.9 Å². The third kappa shape index (κ3) is 7.79. The highest BCUT2D eigenvalue weighted by molar-refractivity contribution is 7.91. The minimum Gasteiger partial charge on any atom is -0.471 e. The third-order valence-corrected chi connectivity index (χ3v) is 13.1. The first kappa shape index (κ1) is 38.0. The number of fused-ring (bicyclic) bond motifs is 3. The van der Waals surface area contributed by atoms with Gasteiger partial charge in [-0.15, -0.1) is 0 Å². The van der Waals surface area contributed by atoms with Crippen LogP contribution in [0.5, 0.6) is 5.88 Å². The molecule has 1 saturated heterocycles. The predicted molar refractivity (Wildman–Crippen MR) is 197 cm³/mol. The molecular formula is C38H43FN8O7S. The number of benzene rings is 1. The van der Waals surface area contributed by atoms with Crippen molar-refractivity contribution >= 4 is 44.7 Å². The van der Waals surface area contributed by atoms with Crippen LogP contribution in [-0.2, 0) is 24.4 Å². The molecule has 1 aromatic carbocycles. The molecule has 4 heterocycles. The summed E-state index contributed by atoms with van der Waals surface area (Å²) in [4.78, 5) is 75.0. The van der Waals surface area contributed by atoms with E-state index in [2.05, 4.69) is 35.3 Å². The average molecular weight is 775 g/mol. The molecular weight excluding hydrogens is 732 g/mol. The van der Waals surface area contributed by atoms with Gasteiger partial charge in [-0.05, 0) is 64.5 Å². The highest BCUT2D eigenvalue weighted by Crippen LogP contribution is 2.43. The molecule has 3 N–H and O–H groups in total. The summed E-state index contributed by atoms with van der Waals surface area (Å²) in [5, 5.41) is 5.70. The highest BCUT2D eigenvalue weighted by Gasteiger charge is 2.55. The average Bonchev–Trinajstić information content (AvgIpc) is 3.59. The topological polar surface area (TPSA) is 203 Å². The molecule has 4 amide bonds. The number of aryl methyl sites for hydroxylation is 1.